The fourth-order valence-corrected chi connectivity index (χ4v) is 1.88. The summed E-state index contributed by atoms with van der Waals surface area (Å²) in [5.41, 5.74) is 1.08. The zero-order valence-electron chi connectivity index (χ0n) is 10.5. The van der Waals surface area contributed by atoms with E-state index in [1.54, 1.807) is 7.11 Å². The van der Waals surface area contributed by atoms with Crippen LogP contribution in [-0.2, 0) is 6.54 Å². The standard InChI is InChI=1S/C13H20BrNO2/c1-9(2)12(16)8-15-7-10-6-11(14)4-5-13(10)17-3/h4-6,9,12,15-16H,7-8H2,1-3H3. The van der Waals surface area contributed by atoms with Crippen LogP contribution in [0.5, 0.6) is 5.75 Å². The second kappa shape index (κ2) is 6.99. The van der Waals surface area contributed by atoms with Crippen LogP contribution in [0.15, 0.2) is 22.7 Å². The maximum absolute atomic E-state index is 9.68. The van der Waals surface area contributed by atoms with Crippen LogP contribution in [0.3, 0.4) is 0 Å². The van der Waals surface area contributed by atoms with E-state index in [4.69, 9.17) is 4.74 Å². The van der Waals surface area contributed by atoms with E-state index in [0.29, 0.717) is 13.1 Å². The Kier molecular flexibility index (Phi) is 5.95. The molecule has 0 spiro atoms. The van der Waals surface area contributed by atoms with Gasteiger partial charge in [-0.15, -0.1) is 0 Å². The molecule has 1 rings (SSSR count). The van der Waals surface area contributed by atoms with Gasteiger partial charge in [-0.1, -0.05) is 29.8 Å². The molecule has 0 aliphatic heterocycles. The van der Waals surface area contributed by atoms with Gasteiger partial charge in [0.05, 0.1) is 13.2 Å². The number of hydrogen-bond donors (Lipinski definition) is 2. The van der Waals surface area contributed by atoms with Crippen LogP contribution in [0.2, 0.25) is 0 Å². The number of benzene rings is 1. The minimum absolute atomic E-state index is 0.270. The fraction of sp³-hybridized carbons (Fsp3) is 0.538. The molecule has 0 heterocycles. The van der Waals surface area contributed by atoms with Gasteiger partial charge in [-0.25, -0.2) is 0 Å². The molecule has 0 amide bonds. The van der Waals surface area contributed by atoms with Crippen LogP contribution in [0, 0.1) is 5.92 Å². The Labute approximate surface area is 111 Å². The van der Waals surface area contributed by atoms with E-state index in [9.17, 15) is 5.11 Å². The average Bonchev–Trinajstić information content (AvgIpc) is 2.29. The number of methoxy groups -OCH3 is 1. The van der Waals surface area contributed by atoms with E-state index in [0.717, 1.165) is 15.8 Å². The lowest BCUT2D eigenvalue weighted by atomic mass is 10.1. The summed E-state index contributed by atoms with van der Waals surface area (Å²) in [6.07, 6.45) is -0.312. The van der Waals surface area contributed by atoms with E-state index >= 15 is 0 Å². The molecule has 4 heteroatoms. The zero-order valence-corrected chi connectivity index (χ0v) is 12.1. The third kappa shape index (κ3) is 4.66. The number of rotatable bonds is 6. The van der Waals surface area contributed by atoms with Gasteiger partial charge < -0.3 is 15.2 Å². The van der Waals surface area contributed by atoms with Crippen molar-refractivity contribution < 1.29 is 9.84 Å². The van der Waals surface area contributed by atoms with Gasteiger partial charge in [-0.3, -0.25) is 0 Å². The Balaban J connectivity index is 2.53. The molecule has 1 aromatic carbocycles. The van der Waals surface area contributed by atoms with E-state index < -0.39 is 0 Å². The molecule has 1 atom stereocenters. The molecular formula is C13H20BrNO2. The van der Waals surface area contributed by atoms with Gasteiger partial charge in [0.1, 0.15) is 5.75 Å². The van der Waals surface area contributed by atoms with Crippen molar-refractivity contribution in [2.45, 2.75) is 26.5 Å². The maximum Gasteiger partial charge on any atom is 0.123 e. The molecular weight excluding hydrogens is 282 g/mol. The summed E-state index contributed by atoms with van der Waals surface area (Å²) in [5, 5.41) is 12.9. The predicted octanol–water partition coefficient (Wildman–Crippen LogP) is 2.56. The summed E-state index contributed by atoms with van der Waals surface area (Å²) in [6, 6.07) is 5.90. The summed E-state index contributed by atoms with van der Waals surface area (Å²) in [7, 11) is 1.66. The van der Waals surface area contributed by atoms with Crippen LogP contribution in [0.1, 0.15) is 19.4 Å². The summed E-state index contributed by atoms with van der Waals surface area (Å²) in [5.74, 6) is 1.13. The van der Waals surface area contributed by atoms with Gasteiger partial charge in [-0.2, -0.15) is 0 Å². The Morgan fingerprint density at radius 3 is 2.71 bits per heavy atom. The van der Waals surface area contributed by atoms with Gasteiger partial charge in [0.2, 0.25) is 0 Å². The summed E-state index contributed by atoms with van der Waals surface area (Å²) in [6.45, 7) is 5.29. The van der Waals surface area contributed by atoms with Gasteiger partial charge in [0.15, 0.2) is 0 Å². The molecule has 0 radical (unpaired) electrons. The monoisotopic (exact) mass is 301 g/mol. The maximum atomic E-state index is 9.68. The molecule has 96 valence electrons. The number of nitrogens with one attached hydrogen (secondary N) is 1. The van der Waals surface area contributed by atoms with Crippen molar-refractivity contribution in [2.75, 3.05) is 13.7 Å². The lowest BCUT2D eigenvalue weighted by molar-refractivity contribution is 0.123. The second-order valence-electron chi connectivity index (χ2n) is 4.40. The highest BCUT2D eigenvalue weighted by molar-refractivity contribution is 9.10. The first-order valence-electron chi connectivity index (χ1n) is 5.75. The Morgan fingerprint density at radius 2 is 2.12 bits per heavy atom. The van der Waals surface area contributed by atoms with Crippen molar-refractivity contribution in [3.05, 3.63) is 28.2 Å². The van der Waals surface area contributed by atoms with Crippen LogP contribution < -0.4 is 10.1 Å². The highest BCUT2D eigenvalue weighted by Gasteiger charge is 2.09. The van der Waals surface area contributed by atoms with Gasteiger partial charge in [0.25, 0.3) is 0 Å². The molecule has 0 bridgehead atoms. The van der Waals surface area contributed by atoms with Crippen molar-refractivity contribution in [2.24, 2.45) is 5.92 Å². The van der Waals surface area contributed by atoms with Crippen molar-refractivity contribution in [1.82, 2.24) is 5.32 Å². The predicted molar refractivity (Wildman–Crippen MR) is 73.2 cm³/mol. The number of aliphatic hydroxyl groups is 1. The van der Waals surface area contributed by atoms with Gasteiger partial charge in [-0.05, 0) is 24.1 Å². The van der Waals surface area contributed by atoms with Crippen molar-refractivity contribution in [1.29, 1.82) is 0 Å². The van der Waals surface area contributed by atoms with Crippen molar-refractivity contribution in [3.63, 3.8) is 0 Å². The first-order valence-corrected chi connectivity index (χ1v) is 6.55. The Bertz CT molecular complexity index is 355. The molecule has 17 heavy (non-hydrogen) atoms. The summed E-state index contributed by atoms with van der Waals surface area (Å²) >= 11 is 3.44. The van der Waals surface area contributed by atoms with E-state index in [2.05, 4.69) is 21.2 Å². The van der Waals surface area contributed by atoms with E-state index in [-0.39, 0.29) is 12.0 Å². The van der Waals surface area contributed by atoms with E-state index in [1.807, 2.05) is 32.0 Å². The van der Waals surface area contributed by atoms with Crippen LogP contribution in [0.4, 0.5) is 0 Å². The van der Waals surface area contributed by atoms with Crippen LogP contribution in [-0.4, -0.2) is 24.9 Å². The zero-order chi connectivity index (χ0) is 12.8. The molecule has 0 aliphatic carbocycles. The first kappa shape index (κ1) is 14.5. The van der Waals surface area contributed by atoms with Crippen LogP contribution in [0.25, 0.3) is 0 Å². The molecule has 2 N–H and O–H groups in total. The second-order valence-corrected chi connectivity index (χ2v) is 5.31. The van der Waals surface area contributed by atoms with Crippen molar-refractivity contribution >= 4 is 15.9 Å². The minimum atomic E-state index is -0.312. The molecule has 0 fully saturated rings. The smallest absolute Gasteiger partial charge is 0.123 e. The lowest BCUT2D eigenvalue weighted by Gasteiger charge is -2.16. The molecule has 0 aliphatic rings. The summed E-state index contributed by atoms with van der Waals surface area (Å²) < 4.78 is 6.31. The SMILES string of the molecule is COc1ccc(Br)cc1CNCC(O)C(C)C. The highest BCUT2D eigenvalue weighted by atomic mass is 79.9. The van der Waals surface area contributed by atoms with Crippen molar-refractivity contribution in [3.8, 4) is 5.75 Å². The largest absolute Gasteiger partial charge is 0.496 e. The van der Waals surface area contributed by atoms with Gasteiger partial charge in [0, 0.05) is 23.1 Å². The molecule has 1 unspecified atom stereocenters. The molecule has 0 aromatic heterocycles. The van der Waals surface area contributed by atoms with E-state index in [1.165, 1.54) is 0 Å². The number of ether oxygens (including phenoxy) is 1. The highest BCUT2D eigenvalue weighted by Crippen LogP contribution is 2.22. The molecule has 3 nitrogen and oxygen atoms in total. The first-order chi connectivity index (χ1) is 8.04. The number of halogens is 1. The quantitative estimate of drug-likeness (QED) is 0.848. The Morgan fingerprint density at radius 1 is 1.41 bits per heavy atom. The van der Waals surface area contributed by atoms with Crippen LogP contribution >= 0.6 is 15.9 Å². The van der Waals surface area contributed by atoms with Gasteiger partial charge >= 0.3 is 0 Å². The topological polar surface area (TPSA) is 41.5 Å². The Hall–Kier alpha value is -0.580. The molecule has 0 saturated carbocycles. The molecule has 0 saturated heterocycles. The fourth-order valence-electron chi connectivity index (χ4n) is 1.48. The third-order valence-electron chi connectivity index (χ3n) is 2.68. The number of hydrogen-bond acceptors (Lipinski definition) is 3. The minimum Gasteiger partial charge on any atom is -0.496 e. The third-order valence-corrected chi connectivity index (χ3v) is 3.17. The molecule has 1 aromatic rings. The lowest BCUT2D eigenvalue weighted by Crippen LogP contribution is -2.30. The number of aliphatic hydroxyl groups excluding tert-OH is 1. The summed E-state index contributed by atoms with van der Waals surface area (Å²) in [4.78, 5) is 0. The average molecular weight is 302 g/mol. The normalized spacial score (nSPS) is 12.8.